The number of amides is 1. The first-order chi connectivity index (χ1) is 8.31. The van der Waals surface area contributed by atoms with Crippen molar-refractivity contribution in [3.63, 3.8) is 0 Å². The van der Waals surface area contributed by atoms with Crippen molar-refractivity contribution in [3.05, 3.63) is 0 Å². The van der Waals surface area contributed by atoms with E-state index >= 15 is 0 Å². The first-order valence-electron chi connectivity index (χ1n) is 7.33. The molecule has 0 fully saturated rings. The van der Waals surface area contributed by atoms with E-state index in [4.69, 9.17) is 0 Å². The molecule has 0 radical (unpaired) electrons. The number of hydrogen-bond acceptors (Lipinski definition) is 2. The maximum absolute atomic E-state index is 11.5. The molecule has 0 aromatic heterocycles. The molecule has 0 saturated heterocycles. The Bertz CT molecular complexity index is 219. The number of rotatable bonds is 9. The molecular formula is C15H32N2O. The summed E-state index contributed by atoms with van der Waals surface area (Å²) in [5.74, 6) is 0.917. The summed E-state index contributed by atoms with van der Waals surface area (Å²) in [6.45, 7) is 12.0. The number of carbonyl (C=O) groups is 1. The number of unbranched alkanes of at least 4 members (excludes halogenated alkanes) is 3. The average Bonchev–Trinajstić information content (AvgIpc) is 2.23. The van der Waals surface area contributed by atoms with Crippen LogP contribution in [0, 0.1) is 5.92 Å². The van der Waals surface area contributed by atoms with Crippen molar-refractivity contribution in [1.82, 2.24) is 10.6 Å². The molecular weight excluding hydrogens is 224 g/mol. The number of nitrogens with one attached hydrogen (secondary N) is 2. The molecule has 108 valence electrons. The lowest BCUT2D eigenvalue weighted by Gasteiger charge is -2.19. The summed E-state index contributed by atoms with van der Waals surface area (Å²) in [6, 6.07) is 0. The van der Waals surface area contributed by atoms with Crippen LogP contribution in [0.2, 0.25) is 0 Å². The van der Waals surface area contributed by atoms with Gasteiger partial charge >= 0.3 is 0 Å². The molecule has 0 aromatic rings. The van der Waals surface area contributed by atoms with Crippen LogP contribution in [-0.2, 0) is 4.79 Å². The molecule has 0 aliphatic rings. The lowest BCUT2D eigenvalue weighted by molar-refractivity contribution is -0.120. The van der Waals surface area contributed by atoms with E-state index in [1.54, 1.807) is 0 Å². The number of hydrogen-bond donors (Lipinski definition) is 2. The first-order valence-corrected chi connectivity index (χ1v) is 7.33. The fourth-order valence-corrected chi connectivity index (χ4v) is 1.67. The fraction of sp³-hybridized carbons (Fsp3) is 0.933. The topological polar surface area (TPSA) is 41.1 Å². The van der Waals surface area contributed by atoms with Crippen LogP contribution >= 0.6 is 0 Å². The van der Waals surface area contributed by atoms with Crippen LogP contribution in [0.15, 0.2) is 0 Å². The van der Waals surface area contributed by atoms with Gasteiger partial charge in [-0.05, 0) is 33.1 Å². The van der Waals surface area contributed by atoms with Crippen LogP contribution in [0.1, 0.15) is 66.7 Å². The Morgan fingerprint density at radius 2 is 1.67 bits per heavy atom. The second-order valence-electron chi connectivity index (χ2n) is 6.55. The van der Waals surface area contributed by atoms with E-state index in [9.17, 15) is 4.79 Å². The third-order valence-electron chi connectivity index (χ3n) is 2.81. The van der Waals surface area contributed by atoms with Gasteiger partial charge in [0.25, 0.3) is 0 Å². The zero-order chi connectivity index (χ0) is 14.0. The summed E-state index contributed by atoms with van der Waals surface area (Å²) in [5, 5.41) is 6.14. The maximum Gasteiger partial charge on any atom is 0.233 e. The van der Waals surface area contributed by atoms with Gasteiger partial charge in [0, 0.05) is 12.1 Å². The van der Waals surface area contributed by atoms with Gasteiger partial charge in [-0.1, -0.05) is 39.5 Å². The Labute approximate surface area is 113 Å². The van der Waals surface area contributed by atoms with Crippen LogP contribution in [0.4, 0.5) is 0 Å². The molecule has 0 heterocycles. The van der Waals surface area contributed by atoms with Crippen LogP contribution in [-0.4, -0.2) is 24.5 Å². The normalized spacial score (nSPS) is 11.9. The zero-order valence-electron chi connectivity index (χ0n) is 12.9. The van der Waals surface area contributed by atoms with Crippen molar-refractivity contribution in [1.29, 1.82) is 0 Å². The average molecular weight is 256 g/mol. The van der Waals surface area contributed by atoms with Gasteiger partial charge in [-0.15, -0.1) is 0 Å². The Morgan fingerprint density at radius 1 is 1.06 bits per heavy atom. The van der Waals surface area contributed by atoms with E-state index in [2.05, 4.69) is 45.3 Å². The highest BCUT2D eigenvalue weighted by molar-refractivity contribution is 5.78. The summed E-state index contributed by atoms with van der Waals surface area (Å²) in [4.78, 5) is 11.5. The molecule has 0 spiro atoms. The van der Waals surface area contributed by atoms with Crippen LogP contribution < -0.4 is 10.6 Å². The van der Waals surface area contributed by atoms with Crippen molar-refractivity contribution < 1.29 is 4.79 Å². The Balaban J connectivity index is 3.31. The Hall–Kier alpha value is -0.570. The van der Waals surface area contributed by atoms with E-state index in [0.29, 0.717) is 6.54 Å². The second-order valence-corrected chi connectivity index (χ2v) is 6.55. The molecule has 0 aromatic carbocycles. The molecule has 0 saturated carbocycles. The van der Waals surface area contributed by atoms with Crippen LogP contribution in [0.25, 0.3) is 0 Å². The summed E-state index contributed by atoms with van der Waals surface area (Å²) >= 11 is 0. The minimum Gasteiger partial charge on any atom is -0.355 e. The van der Waals surface area contributed by atoms with Gasteiger partial charge in [0.05, 0.1) is 6.54 Å². The maximum atomic E-state index is 11.5. The van der Waals surface area contributed by atoms with Crippen LogP contribution in [0.3, 0.4) is 0 Å². The van der Waals surface area contributed by atoms with Crippen molar-refractivity contribution in [2.75, 3.05) is 13.1 Å². The monoisotopic (exact) mass is 256 g/mol. The van der Waals surface area contributed by atoms with E-state index in [1.165, 1.54) is 25.7 Å². The second kappa shape index (κ2) is 9.37. The third-order valence-corrected chi connectivity index (χ3v) is 2.81. The molecule has 0 aliphatic heterocycles. The fourth-order valence-electron chi connectivity index (χ4n) is 1.67. The highest BCUT2D eigenvalue weighted by Gasteiger charge is 2.10. The summed E-state index contributed by atoms with van der Waals surface area (Å²) in [6.07, 6.45) is 6.24. The lowest BCUT2D eigenvalue weighted by Crippen LogP contribution is -2.43. The summed E-state index contributed by atoms with van der Waals surface area (Å²) < 4.78 is 0. The van der Waals surface area contributed by atoms with Gasteiger partial charge < -0.3 is 10.6 Å². The summed E-state index contributed by atoms with van der Waals surface area (Å²) in [7, 11) is 0. The van der Waals surface area contributed by atoms with E-state index < -0.39 is 0 Å². The van der Waals surface area contributed by atoms with Gasteiger partial charge in [0.1, 0.15) is 0 Å². The largest absolute Gasteiger partial charge is 0.355 e. The van der Waals surface area contributed by atoms with Gasteiger partial charge in [-0.2, -0.15) is 0 Å². The number of carbonyl (C=O) groups excluding carboxylic acids is 1. The van der Waals surface area contributed by atoms with Gasteiger partial charge in [0.15, 0.2) is 0 Å². The molecule has 2 N–H and O–H groups in total. The smallest absolute Gasteiger partial charge is 0.233 e. The van der Waals surface area contributed by atoms with Gasteiger partial charge in [-0.3, -0.25) is 4.79 Å². The minimum absolute atomic E-state index is 0.00812. The predicted molar refractivity (Wildman–Crippen MR) is 78.7 cm³/mol. The highest BCUT2D eigenvalue weighted by Crippen LogP contribution is 2.08. The lowest BCUT2D eigenvalue weighted by atomic mass is 10.0. The molecule has 3 nitrogen and oxygen atoms in total. The minimum atomic E-state index is 0.00812. The highest BCUT2D eigenvalue weighted by atomic mass is 16.1. The molecule has 0 unspecified atom stereocenters. The van der Waals surface area contributed by atoms with E-state index in [1.807, 2.05) is 0 Å². The Kier molecular flexibility index (Phi) is 9.08. The Morgan fingerprint density at radius 3 is 2.22 bits per heavy atom. The predicted octanol–water partition coefficient (Wildman–Crippen LogP) is 3.10. The van der Waals surface area contributed by atoms with Crippen molar-refractivity contribution in [2.45, 2.75) is 72.3 Å². The van der Waals surface area contributed by atoms with E-state index in [-0.39, 0.29) is 11.4 Å². The third kappa shape index (κ3) is 13.5. The van der Waals surface area contributed by atoms with Crippen molar-refractivity contribution >= 4 is 5.91 Å². The molecule has 0 atom stereocenters. The molecule has 0 bridgehead atoms. The first kappa shape index (κ1) is 17.4. The van der Waals surface area contributed by atoms with Crippen LogP contribution in [0.5, 0.6) is 0 Å². The molecule has 1 amide bonds. The van der Waals surface area contributed by atoms with Gasteiger partial charge in [-0.25, -0.2) is 0 Å². The quantitative estimate of drug-likeness (QED) is 0.622. The van der Waals surface area contributed by atoms with E-state index in [0.717, 1.165) is 18.9 Å². The molecule has 0 aliphatic carbocycles. The molecule has 0 rings (SSSR count). The van der Waals surface area contributed by atoms with Crippen molar-refractivity contribution in [3.8, 4) is 0 Å². The zero-order valence-corrected chi connectivity index (χ0v) is 12.9. The van der Waals surface area contributed by atoms with Gasteiger partial charge in [0.2, 0.25) is 5.91 Å². The summed E-state index contributed by atoms with van der Waals surface area (Å²) in [5.41, 5.74) is 0.00812. The molecule has 3 heteroatoms. The molecule has 18 heavy (non-hydrogen) atoms. The van der Waals surface area contributed by atoms with Crippen molar-refractivity contribution in [2.24, 2.45) is 5.92 Å². The standard InChI is InChI=1S/C15H32N2O/c1-13(2)10-8-6-7-9-11-16-14(18)12-17-15(3,4)5/h13,17H,6-12H2,1-5H3,(H,16,18). The SMILES string of the molecule is CC(C)CCCCCCNC(=O)CNC(C)(C)C.